The number of hydrogen-bond acceptors (Lipinski definition) is 3. The van der Waals surface area contributed by atoms with E-state index in [1.807, 2.05) is 0 Å². The van der Waals surface area contributed by atoms with E-state index in [0.29, 0.717) is 0 Å². The maximum absolute atomic E-state index is 12.6. The summed E-state index contributed by atoms with van der Waals surface area (Å²) in [6, 6.07) is 8.55. The van der Waals surface area contributed by atoms with E-state index in [4.69, 9.17) is 9.05 Å². The molecule has 0 saturated carbocycles. The molecule has 142 valence electrons. The topological polar surface area (TPSA) is 35.5 Å². The predicted octanol–water partition coefficient (Wildman–Crippen LogP) is 5.85. The zero-order valence-electron chi connectivity index (χ0n) is 13.0. The number of halogens is 6. The van der Waals surface area contributed by atoms with Crippen molar-refractivity contribution in [1.29, 1.82) is 0 Å². The van der Waals surface area contributed by atoms with E-state index in [9.17, 15) is 30.9 Å². The Morgan fingerprint density at radius 3 is 1.46 bits per heavy atom. The van der Waals surface area contributed by atoms with Crippen LogP contribution in [0.3, 0.4) is 0 Å². The Bertz CT molecular complexity index is 710. The summed E-state index contributed by atoms with van der Waals surface area (Å²) in [5.74, 6) is 0. The highest BCUT2D eigenvalue weighted by Crippen LogP contribution is 2.33. The van der Waals surface area contributed by atoms with Crippen LogP contribution in [0.5, 0.6) is 0 Å². The fourth-order valence-electron chi connectivity index (χ4n) is 2.00. The van der Waals surface area contributed by atoms with Gasteiger partial charge in [0.15, 0.2) is 0 Å². The molecule has 0 unspecified atom stereocenters. The van der Waals surface area contributed by atoms with Crippen LogP contribution >= 0.6 is 8.25 Å². The summed E-state index contributed by atoms with van der Waals surface area (Å²) in [5, 5.41) is 0. The quantitative estimate of drug-likeness (QED) is 0.453. The second-order valence-corrected chi connectivity index (χ2v) is 6.30. The zero-order chi connectivity index (χ0) is 19.4. The molecule has 0 heterocycles. The van der Waals surface area contributed by atoms with Gasteiger partial charge in [0.05, 0.1) is 24.3 Å². The first-order valence-corrected chi connectivity index (χ1v) is 8.40. The van der Waals surface area contributed by atoms with Crippen molar-refractivity contribution in [2.45, 2.75) is 25.6 Å². The summed E-state index contributed by atoms with van der Waals surface area (Å²) in [6.45, 7) is -0.769. The summed E-state index contributed by atoms with van der Waals surface area (Å²) in [7, 11) is -3.09. The lowest BCUT2D eigenvalue weighted by Gasteiger charge is -2.10. The SMILES string of the molecule is O=[PH](OCc1cccc(C(F)(F)F)c1)OCc1cccc(C(F)(F)F)c1. The van der Waals surface area contributed by atoms with E-state index >= 15 is 0 Å². The smallest absolute Gasteiger partial charge is 0.306 e. The van der Waals surface area contributed by atoms with Gasteiger partial charge in [-0.05, 0) is 35.4 Å². The van der Waals surface area contributed by atoms with Crippen LogP contribution in [0.4, 0.5) is 26.3 Å². The molecule has 2 rings (SSSR count). The van der Waals surface area contributed by atoms with E-state index in [2.05, 4.69) is 0 Å². The summed E-state index contributed by atoms with van der Waals surface area (Å²) >= 11 is 0. The van der Waals surface area contributed by atoms with Gasteiger partial charge < -0.3 is 9.05 Å². The zero-order valence-corrected chi connectivity index (χ0v) is 14.0. The Balaban J connectivity index is 1.88. The van der Waals surface area contributed by atoms with Crippen LogP contribution < -0.4 is 0 Å². The van der Waals surface area contributed by atoms with Gasteiger partial charge in [0.25, 0.3) is 0 Å². The number of hydrogen-bond donors (Lipinski definition) is 0. The molecule has 0 bridgehead atoms. The molecule has 2 aromatic carbocycles. The van der Waals surface area contributed by atoms with Crippen LogP contribution in [0.1, 0.15) is 22.3 Å². The minimum absolute atomic E-state index is 0.140. The monoisotopic (exact) mass is 398 g/mol. The van der Waals surface area contributed by atoms with Gasteiger partial charge in [-0.1, -0.05) is 24.3 Å². The van der Waals surface area contributed by atoms with Crippen molar-refractivity contribution >= 4 is 8.25 Å². The summed E-state index contributed by atoms with van der Waals surface area (Å²) in [4.78, 5) is 0. The molecule has 0 spiro atoms. The molecule has 0 aliphatic carbocycles. The Morgan fingerprint density at radius 1 is 0.731 bits per heavy atom. The third kappa shape index (κ3) is 6.16. The van der Waals surface area contributed by atoms with Crippen molar-refractivity contribution in [3.05, 3.63) is 70.8 Å². The highest BCUT2D eigenvalue weighted by Gasteiger charge is 2.31. The molecule has 0 atom stereocenters. The fourth-order valence-corrected chi connectivity index (χ4v) is 2.65. The molecule has 0 aliphatic heterocycles. The first kappa shape index (κ1) is 20.5. The predicted molar refractivity (Wildman–Crippen MR) is 81.5 cm³/mol. The van der Waals surface area contributed by atoms with Gasteiger partial charge in [0.2, 0.25) is 0 Å². The molecule has 0 fully saturated rings. The minimum atomic E-state index is -4.51. The van der Waals surface area contributed by atoms with Crippen molar-refractivity contribution in [3.8, 4) is 0 Å². The lowest BCUT2D eigenvalue weighted by Crippen LogP contribution is -2.05. The molecule has 0 aromatic heterocycles. The summed E-state index contributed by atoms with van der Waals surface area (Å²) < 4.78 is 96.9. The van der Waals surface area contributed by atoms with E-state index in [1.165, 1.54) is 24.3 Å². The molecule has 26 heavy (non-hydrogen) atoms. The van der Waals surface area contributed by atoms with Crippen LogP contribution in [0.15, 0.2) is 48.5 Å². The van der Waals surface area contributed by atoms with E-state index in [-0.39, 0.29) is 24.3 Å². The number of alkyl halides is 6. The van der Waals surface area contributed by atoms with Crippen LogP contribution in [0, 0.1) is 0 Å². The number of benzene rings is 2. The van der Waals surface area contributed by atoms with Crippen LogP contribution in [-0.2, 0) is 39.2 Å². The molecule has 0 radical (unpaired) electrons. The highest BCUT2D eigenvalue weighted by atomic mass is 31.1. The molecule has 0 saturated heterocycles. The fraction of sp³-hybridized carbons (Fsp3) is 0.250. The maximum Gasteiger partial charge on any atom is 0.416 e. The number of rotatable bonds is 6. The van der Waals surface area contributed by atoms with E-state index in [1.54, 1.807) is 0 Å². The molecule has 3 nitrogen and oxygen atoms in total. The summed E-state index contributed by atoms with van der Waals surface area (Å²) in [6.07, 6.45) is -9.03. The molecular weight excluding hydrogens is 385 g/mol. The van der Waals surface area contributed by atoms with Gasteiger partial charge in [-0.2, -0.15) is 26.3 Å². The molecular formula is C16H13F6O3P. The second kappa shape index (κ2) is 8.24. The molecule has 0 amide bonds. The van der Waals surface area contributed by atoms with Gasteiger partial charge >= 0.3 is 20.6 Å². The van der Waals surface area contributed by atoms with Gasteiger partial charge in [-0.25, -0.2) is 0 Å². The average Bonchev–Trinajstić information content (AvgIpc) is 2.57. The van der Waals surface area contributed by atoms with E-state index in [0.717, 1.165) is 24.3 Å². The van der Waals surface area contributed by atoms with Crippen LogP contribution in [0.25, 0.3) is 0 Å². The standard InChI is InChI=1S/C16H13F6O3P/c17-15(18,19)13-5-1-3-11(7-13)9-24-26(23)25-10-12-4-2-6-14(8-12)16(20,21)22/h1-8,26H,9-10H2. The first-order valence-electron chi connectivity index (χ1n) is 7.17. The Kier molecular flexibility index (Phi) is 6.49. The van der Waals surface area contributed by atoms with Crippen molar-refractivity contribution < 1.29 is 40.0 Å². The lowest BCUT2D eigenvalue weighted by atomic mass is 10.1. The largest absolute Gasteiger partial charge is 0.416 e. The van der Waals surface area contributed by atoms with Crippen LogP contribution in [-0.4, -0.2) is 0 Å². The highest BCUT2D eigenvalue weighted by molar-refractivity contribution is 7.33. The van der Waals surface area contributed by atoms with Crippen molar-refractivity contribution in [2.75, 3.05) is 0 Å². The molecule has 10 heteroatoms. The normalized spacial score (nSPS) is 12.6. The Hall–Kier alpha value is -1.83. The minimum Gasteiger partial charge on any atom is -0.306 e. The van der Waals surface area contributed by atoms with Gasteiger partial charge in [0.1, 0.15) is 0 Å². The van der Waals surface area contributed by atoms with Gasteiger partial charge in [-0.3, -0.25) is 4.57 Å². The molecule has 0 aliphatic rings. The van der Waals surface area contributed by atoms with Crippen molar-refractivity contribution in [2.24, 2.45) is 0 Å². The van der Waals surface area contributed by atoms with E-state index < -0.39 is 31.7 Å². The van der Waals surface area contributed by atoms with Crippen LogP contribution in [0.2, 0.25) is 0 Å². The Labute approximate surface area is 145 Å². The summed E-state index contributed by atoms with van der Waals surface area (Å²) in [5.41, 5.74) is -1.46. The molecule has 0 N–H and O–H groups in total. The molecule has 2 aromatic rings. The lowest BCUT2D eigenvalue weighted by molar-refractivity contribution is -0.138. The van der Waals surface area contributed by atoms with Crippen molar-refractivity contribution in [3.63, 3.8) is 0 Å². The van der Waals surface area contributed by atoms with Crippen molar-refractivity contribution in [1.82, 2.24) is 0 Å². The third-order valence-corrected chi connectivity index (χ3v) is 3.98. The van der Waals surface area contributed by atoms with Gasteiger partial charge in [-0.15, -0.1) is 0 Å². The second-order valence-electron chi connectivity index (χ2n) is 5.22. The third-order valence-electron chi connectivity index (χ3n) is 3.22. The Morgan fingerprint density at radius 2 is 1.12 bits per heavy atom. The first-order chi connectivity index (χ1) is 12.1. The maximum atomic E-state index is 12.6. The van der Waals surface area contributed by atoms with Gasteiger partial charge in [0, 0.05) is 0 Å². The average molecular weight is 398 g/mol.